The molecular weight excluding hydrogens is 273 g/mol. The number of halogens is 1. The first-order valence-corrected chi connectivity index (χ1v) is 7.73. The topological polar surface area (TPSA) is 21.3 Å². The second-order valence-corrected chi connectivity index (χ2v) is 6.45. The van der Waals surface area contributed by atoms with Gasteiger partial charge in [-0.25, -0.2) is 4.39 Å². The highest BCUT2D eigenvalue weighted by Crippen LogP contribution is 2.24. The average molecular weight is 291 g/mol. The van der Waals surface area contributed by atoms with Crippen molar-refractivity contribution in [2.24, 2.45) is 0 Å². The molecule has 3 rings (SSSR count). The van der Waals surface area contributed by atoms with Crippen molar-refractivity contribution in [2.75, 3.05) is 0 Å². The molecule has 1 saturated carbocycles. The molecule has 1 aromatic heterocycles. The first-order valence-electron chi connectivity index (χ1n) is 6.91. The molecule has 1 aliphatic rings. The van der Waals surface area contributed by atoms with Gasteiger partial charge >= 0.3 is 0 Å². The zero-order chi connectivity index (χ0) is 13.9. The lowest BCUT2D eigenvalue weighted by Crippen LogP contribution is -2.14. The molecule has 0 bridgehead atoms. The van der Waals surface area contributed by atoms with Gasteiger partial charge in [-0.05, 0) is 43.5 Å². The van der Waals surface area contributed by atoms with Crippen molar-refractivity contribution in [3.63, 3.8) is 0 Å². The molecule has 1 aromatic carbocycles. The van der Waals surface area contributed by atoms with Crippen molar-refractivity contribution in [2.45, 2.75) is 39.0 Å². The Hall–Kier alpha value is -1.39. The van der Waals surface area contributed by atoms with E-state index in [-0.39, 0.29) is 5.82 Å². The van der Waals surface area contributed by atoms with Crippen LogP contribution in [0.1, 0.15) is 28.2 Å². The van der Waals surface area contributed by atoms with Gasteiger partial charge in [-0.2, -0.15) is 0 Å². The van der Waals surface area contributed by atoms with Crippen LogP contribution in [0.15, 0.2) is 30.3 Å². The summed E-state index contributed by atoms with van der Waals surface area (Å²) in [6.45, 7) is 3.09. The van der Waals surface area contributed by atoms with Crippen molar-refractivity contribution < 1.29 is 9.13 Å². The minimum absolute atomic E-state index is 0.264. The van der Waals surface area contributed by atoms with Gasteiger partial charge in [0.25, 0.3) is 0 Å². The number of hydrogen-bond donors (Lipinski definition) is 1. The Kier molecular flexibility index (Phi) is 4.03. The predicted molar refractivity (Wildman–Crippen MR) is 79.6 cm³/mol. The molecule has 0 unspecified atom stereocenters. The summed E-state index contributed by atoms with van der Waals surface area (Å²) < 4.78 is 19.4. The fourth-order valence-corrected chi connectivity index (χ4v) is 2.89. The average Bonchev–Trinajstić information content (AvgIpc) is 3.17. The molecule has 2 nitrogen and oxygen atoms in total. The Morgan fingerprint density at radius 3 is 2.85 bits per heavy atom. The van der Waals surface area contributed by atoms with E-state index in [1.807, 2.05) is 6.07 Å². The van der Waals surface area contributed by atoms with Crippen LogP contribution >= 0.6 is 11.3 Å². The number of nitrogens with one attached hydrogen (secondary N) is 1. The van der Waals surface area contributed by atoms with Gasteiger partial charge in [-0.15, -0.1) is 11.3 Å². The maximum atomic E-state index is 13.8. The highest BCUT2D eigenvalue weighted by molar-refractivity contribution is 7.11. The minimum atomic E-state index is -0.264. The van der Waals surface area contributed by atoms with Crippen molar-refractivity contribution in [3.05, 3.63) is 51.5 Å². The van der Waals surface area contributed by atoms with Crippen LogP contribution in [0.2, 0.25) is 0 Å². The minimum Gasteiger partial charge on any atom is -0.485 e. The lowest BCUT2D eigenvalue weighted by molar-refractivity contribution is 0.293. The molecule has 0 aliphatic heterocycles. The smallest absolute Gasteiger partial charge is 0.167 e. The number of aryl methyl sites for hydroxylation is 1. The van der Waals surface area contributed by atoms with Crippen molar-refractivity contribution >= 4 is 11.3 Å². The van der Waals surface area contributed by atoms with E-state index in [9.17, 15) is 4.39 Å². The number of rotatable bonds is 6. The molecule has 0 radical (unpaired) electrons. The van der Waals surface area contributed by atoms with Crippen molar-refractivity contribution in [1.82, 2.24) is 5.32 Å². The summed E-state index contributed by atoms with van der Waals surface area (Å²) in [4.78, 5) is 2.43. The Labute approximate surface area is 122 Å². The van der Waals surface area contributed by atoms with Crippen LogP contribution in [0, 0.1) is 12.7 Å². The van der Waals surface area contributed by atoms with Gasteiger partial charge < -0.3 is 10.1 Å². The van der Waals surface area contributed by atoms with Gasteiger partial charge in [0, 0.05) is 22.3 Å². The largest absolute Gasteiger partial charge is 0.485 e. The van der Waals surface area contributed by atoms with Crippen LogP contribution in [0.25, 0.3) is 0 Å². The van der Waals surface area contributed by atoms with E-state index in [4.69, 9.17) is 4.74 Å². The number of hydrogen-bond acceptors (Lipinski definition) is 3. The normalized spacial score (nSPS) is 14.5. The second-order valence-electron chi connectivity index (χ2n) is 5.20. The second kappa shape index (κ2) is 5.94. The summed E-state index contributed by atoms with van der Waals surface area (Å²) in [5, 5.41) is 3.49. The zero-order valence-corrected chi connectivity index (χ0v) is 12.3. The Balaban J connectivity index is 1.56. The van der Waals surface area contributed by atoms with E-state index < -0.39 is 0 Å². The zero-order valence-electron chi connectivity index (χ0n) is 11.5. The van der Waals surface area contributed by atoms with Gasteiger partial charge in [0.2, 0.25) is 0 Å². The molecular formula is C16H18FNOS. The van der Waals surface area contributed by atoms with E-state index >= 15 is 0 Å². The van der Waals surface area contributed by atoms with Gasteiger partial charge in [0.15, 0.2) is 11.6 Å². The number of benzene rings is 1. The molecule has 0 amide bonds. The highest BCUT2D eigenvalue weighted by atomic mass is 32.1. The lowest BCUT2D eigenvalue weighted by atomic mass is 10.2. The molecule has 1 heterocycles. The third-order valence-corrected chi connectivity index (χ3v) is 4.44. The van der Waals surface area contributed by atoms with Gasteiger partial charge in [-0.3, -0.25) is 0 Å². The predicted octanol–water partition coefficient (Wildman–Crippen LogP) is 4.03. The molecule has 2 aromatic rings. The maximum absolute atomic E-state index is 13.8. The quantitative estimate of drug-likeness (QED) is 0.867. The van der Waals surface area contributed by atoms with Crippen LogP contribution in [-0.4, -0.2) is 6.04 Å². The molecule has 20 heavy (non-hydrogen) atoms. The Morgan fingerprint density at radius 1 is 1.25 bits per heavy atom. The summed E-state index contributed by atoms with van der Waals surface area (Å²) in [5.41, 5.74) is 0.614. The molecule has 1 fully saturated rings. The summed E-state index contributed by atoms with van der Waals surface area (Å²) in [7, 11) is 0. The molecule has 0 atom stereocenters. The summed E-state index contributed by atoms with van der Waals surface area (Å²) >= 11 is 1.72. The van der Waals surface area contributed by atoms with Crippen LogP contribution in [0.4, 0.5) is 4.39 Å². The first-order chi connectivity index (χ1) is 9.72. The number of thiophene rings is 1. The van der Waals surface area contributed by atoms with E-state index in [1.54, 1.807) is 30.4 Å². The SMILES string of the molecule is Cc1cccc(OCc2ccc(CNC3CC3)s2)c1F. The third kappa shape index (κ3) is 3.38. The van der Waals surface area contributed by atoms with Crippen LogP contribution in [-0.2, 0) is 13.2 Å². The third-order valence-electron chi connectivity index (χ3n) is 3.39. The fraction of sp³-hybridized carbons (Fsp3) is 0.375. The van der Waals surface area contributed by atoms with Crippen molar-refractivity contribution in [1.29, 1.82) is 0 Å². The lowest BCUT2D eigenvalue weighted by Gasteiger charge is -2.07. The van der Waals surface area contributed by atoms with Gasteiger partial charge in [0.05, 0.1) is 0 Å². The standard InChI is InChI=1S/C16H18FNOS/c1-11-3-2-4-15(16(11)17)19-10-14-8-7-13(20-14)9-18-12-5-6-12/h2-4,7-8,12,18H,5-6,9-10H2,1H3. The summed E-state index contributed by atoms with van der Waals surface area (Å²) in [6.07, 6.45) is 2.60. The van der Waals surface area contributed by atoms with E-state index in [2.05, 4.69) is 17.4 Å². The molecule has 1 N–H and O–H groups in total. The maximum Gasteiger partial charge on any atom is 0.167 e. The van der Waals surface area contributed by atoms with Crippen LogP contribution < -0.4 is 10.1 Å². The summed E-state index contributed by atoms with van der Waals surface area (Å²) in [5.74, 6) is 0.0655. The van der Waals surface area contributed by atoms with Gasteiger partial charge in [0.1, 0.15) is 6.61 Å². The van der Waals surface area contributed by atoms with E-state index in [1.165, 1.54) is 17.7 Å². The first kappa shape index (κ1) is 13.6. The number of ether oxygens (including phenoxy) is 1. The van der Waals surface area contributed by atoms with Crippen molar-refractivity contribution in [3.8, 4) is 5.75 Å². The highest BCUT2D eigenvalue weighted by Gasteiger charge is 2.20. The molecule has 1 aliphatic carbocycles. The van der Waals surface area contributed by atoms with Crippen LogP contribution in [0.5, 0.6) is 5.75 Å². The van der Waals surface area contributed by atoms with E-state index in [0.29, 0.717) is 17.9 Å². The fourth-order valence-electron chi connectivity index (χ4n) is 2.01. The Bertz CT molecular complexity index is 592. The van der Waals surface area contributed by atoms with Gasteiger partial charge in [-0.1, -0.05) is 12.1 Å². The molecule has 4 heteroatoms. The van der Waals surface area contributed by atoms with Crippen LogP contribution in [0.3, 0.4) is 0 Å². The van der Waals surface area contributed by atoms with E-state index in [0.717, 1.165) is 17.5 Å². The molecule has 106 valence electrons. The monoisotopic (exact) mass is 291 g/mol. The molecule has 0 spiro atoms. The summed E-state index contributed by atoms with van der Waals surface area (Å²) in [6, 6.07) is 10.1. The molecule has 0 saturated heterocycles. The Morgan fingerprint density at radius 2 is 2.05 bits per heavy atom.